The fourth-order valence-electron chi connectivity index (χ4n) is 3.28. The molecule has 0 amide bonds. The van der Waals surface area contributed by atoms with Crippen LogP contribution in [0.5, 0.6) is 0 Å². The first-order valence-electron chi connectivity index (χ1n) is 8.85. The van der Waals surface area contributed by atoms with Gasteiger partial charge >= 0.3 is 0 Å². The van der Waals surface area contributed by atoms with Crippen molar-refractivity contribution in [2.45, 2.75) is 0 Å². The van der Waals surface area contributed by atoms with Gasteiger partial charge in [-0.05, 0) is 37.4 Å². The first kappa shape index (κ1) is 17.3. The van der Waals surface area contributed by atoms with Crippen LogP contribution in [-0.4, -0.2) is 48.1 Å². The maximum Gasteiger partial charge on any atom is 0.147 e. The molecule has 1 aromatic heterocycles. The number of rotatable bonds is 3. The molecule has 0 aliphatic carbocycles. The van der Waals surface area contributed by atoms with E-state index in [0.29, 0.717) is 22.4 Å². The topological polar surface area (TPSA) is 44.3 Å². The quantitative estimate of drug-likeness (QED) is 0.726. The van der Waals surface area contributed by atoms with Crippen molar-refractivity contribution >= 4 is 28.1 Å². The molecular formula is C21H20FN5. The number of terminal acetylenes is 1. The van der Waals surface area contributed by atoms with Gasteiger partial charge < -0.3 is 15.1 Å². The lowest BCUT2D eigenvalue weighted by Gasteiger charge is -2.34. The summed E-state index contributed by atoms with van der Waals surface area (Å²) in [5.41, 5.74) is 2.86. The first-order chi connectivity index (χ1) is 13.1. The lowest BCUT2D eigenvalue weighted by Crippen LogP contribution is -2.44. The van der Waals surface area contributed by atoms with E-state index in [1.54, 1.807) is 6.07 Å². The smallest absolute Gasteiger partial charge is 0.147 e. The van der Waals surface area contributed by atoms with E-state index in [9.17, 15) is 4.39 Å². The third-order valence-electron chi connectivity index (χ3n) is 4.84. The number of nitrogens with zero attached hydrogens (tertiary/aromatic N) is 4. The van der Waals surface area contributed by atoms with Gasteiger partial charge in [-0.25, -0.2) is 14.4 Å². The Labute approximate surface area is 157 Å². The Morgan fingerprint density at radius 1 is 1.11 bits per heavy atom. The maximum atomic E-state index is 14.9. The molecule has 1 saturated heterocycles. The Balaban J connectivity index is 1.69. The maximum absolute atomic E-state index is 14.9. The number of benzene rings is 2. The van der Waals surface area contributed by atoms with E-state index in [0.717, 1.165) is 37.4 Å². The Kier molecular flexibility index (Phi) is 4.61. The molecular weight excluding hydrogens is 341 g/mol. The third kappa shape index (κ3) is 3.55. The van der Waals surface area contributed by atoms with Crippen LogP contribution in [0.15, 0.2) is 42.7 Å². The van der Waals surface area contributed by atoms with Gasteiger partial charge in [0.15, 0.2) is 0 Å². The minimum absolute atomic E-state index is 0.262. The Bertz CT molecular complexity index is 1020. The second-order valence-corrected chi connectivity index (χ2v) is 6.68. The minimum atomic E-state index is -0.262. The van der Waals surface area contributed by atoms with Gasteiger partial charge in [-0.2, -0.15) is 0 Å². The van der Waals surface area contributed by atoms with Gasteiger partial charge in [0, 0.05) is 42.8 Å². The van der Waals surface area contributed by atoms with Crippen molar-refractivity contribution in [3.63, 3.8) is 0 Å². The van der Waals surface area contributed by atoms with Gasteiger partial charge in [-0.15, -0.1) is 6.42 Å². The molecule has 1 fully saturated rings. The van der Waals surface area contributed by atoms with E-state index in [4.69, 9.17) is 6.42 Å². The number of anilines is 3. The lowest BCUT2D eigenvalue weighted by atomic mass is 10.1. The van der Waals surface area contributed by atoms with E-state index >= 15 is 0 Å². The highest BCUT2D eigenvalue weighted by Crippen LogP contribution is 2.30. The Hall–Kier alpha value is -3.17. The van der Waals surface area contributed by atoms with Crippen molar-refractivity contribution in [3.05, 3.63) is 54.1 Å². The molecule has 1 aliphatic rings. The number of hydrogen-bond donors (Lipinski definition) is 1. The summed E-state index contributed by atoms with van der Waals surface area (Å²) in [5, 5.41) is 3.86. The zero-order valence-electron chi connectivity index (χ0n) is 15.1. The monoisotopic (exact) mass is 361 g/mol. The van der Waals surface area contributed by atoms with Crippen molar-refractivity contribution in [1.82, 2.24) is 14.9 Å². The fraction of sp³-hybridized carbons (Fsp3) is 0.238. The van der Waals surface area contributed by atoms with E-state index in [2.05, 4.69) is 38.1 Å². The second kappa shape index (κ2) is 7.22. The normalized spacial score (nSPS) is 14.9. The molecule has 0 bridgehead atoms. The highest BCUT2D eigenvalue weighted by atomic mass is 19.1. The van der Waals surface area contributed by atoms with Crippen LogP contribution in [0, 0.1) is 18.2 Å². The van der Waals surface area contributed by atoms with Crippen LogP contribution in [-0.2, 0) is 0 Å². The number of fused-ring (bicyclic) bond motifs is 1. The average Bonchev–Trinajstić information content (AvgIpc) is 2.69. The third-order valence-corrected chi connectivity index (χ3v) is 4.84. The highest BCUT2D eigenvalue weighted by Gasteiger charge is 2.19. The van der Waals surface area contributed by atoms with Crippen LogP contribution in [0.2, 0.25) is 0 Å². The van der Waals surface area contributed by atoms with E-state index in [1.807, 2.05) is 24.3 Å². The lowest BCUT2D eigenvalue weighted by molar-refractivity contribution is 0.312. The molecule has 0 atom stereocenters. The van der Waals surface area contributed by atoms with Crippen LogP contribution in [0.4, 0.5) is 21.6 Å². The van der Waals surface area contributed by atoms with Crippen molar-refractivity contribution in [3.8, 4) is 12.3 Å². The first-order valence-corrected chi connectivity index (χ1v) is 8.85. The van der Waals surface area contributed by atoms with Crippen LogP contribution in [0.25, 0.3) is 10.9 Å². The molecule has 27 heavy (non-hydrogen) atoms. The molecule has 4 rings (SSSR count). The van der Waals surface area contributed by atoms with Gasteiger partial charge in [0.25, 0.3) is 0 Å². The number of halogens is 1. The van der Waals surface area contributed by atoms with Gasteiger partial charge in [-0.1, -0.05) is 12.0 Å². The van der Waals surface area contributed by atoms with Crippen molar-refractivity contribution in [2.75, 3.05) is 43.4 Å². The molecule has 0 spiro atoms. The molecule has 1 aliphatic heterocycles. The molecule has 0 saturated carbocycles. The Morgan fingerprint density at radius 2 is 1.93 bits per heavy atom. The number of hydrogen-bond acceptors (Lipinski definition) is 5. The molecule has 136 valence electrons. The number of aromatic nitrogens is 2. The number of nitrogens with one attached hydrogen (secondary N) is 1. The minimum Gasteiger partial charge on any atom is -0.367 e. The number of piperazine rings is 1. The standard InChI is InChI=1S/C21H20FN5/c1-3-15-5-4-6-16(11-15)25-21-17-12-18(22)20(13-19(17)23-14-24-21)27-9-7-26(2)8-10-27/h1,4-6,11-14H,7-10H2,2H3,(H,23,24,25). The molecule has 0 unspecified atom stereocenters. The average molecular weight is 361 g/mol. The zero-order valence-corrected chi connectivity index (χ0v) is 15.1. The molecule has 3 aromatic rings. The summed E-state index contributed by atoms with van der Waals surface area (Å²) in [6, 6.07) is 10.8. The highest BCUT2D eigenvalue weighted by molar-refractivity contribution is 5.92. The predicted molar refractivity (Wildman–Crippen MR) is 107 cm³/mol. The van der Waals surface area contributed by atoms with Crippen molar-refractivity contribution < 1.29 is 4.39 Å². The fourth-order valence-corrected chi connectivity index (χ4v) is 3.28. The van der Waals surface area contributed by atoms with Gasteiger partial charge in [0.05, 0.1) is 11.2 Å². The van der Waals surface area contributed by atoms with E-state index in [1.165, 1.54) is 12.4 Å². The number of likely N-dealkylation sites (N-methyl/N-ethyl adjacent to an activating group) is 1. The van der Waals surface area contributed by atoms with Gasteiger partial charge in [0.2, 0.25) is 0 Å². The molecule has 1 N–H and O–H groups in total. The zero-order chi connectivity index (χ0) is 18.8. The molecule has 2 aromatic carbocycles. The molecule has 5 nitrogen and oxygen atoms in total. The van der Waals surface area contributed by atoms with Crippen LogP contribution in [0.1, 0.15) is 5.56 Å². The Morgan fingerprint density at radius 3 is 2.70 bits per heavy atom. The molecule has 2 heterocycles. The molecule has 0 radical (unpaired) electrons. The van der Waals surface area contributed by atoms with E-state index < -0.39 is 0 Å². The second-order valence-electron chi connectivity index (χ2n) is 6.68. The SMILES string of the molecule is C#Cc1cccc(Nc2ncnc3cc(N4CCN(C)CC4)c(F)cc23)c1. The van der Waals surface area contributed by atoms with Crippen molar-refractivity contribution in [2.24, 2.45) is 0 Å². The summed E-state index contributed by atoms with van der Waals surface area (Å²) < 4.78 is 14.9. The van der Waals surface area contributed by atoms with Crippen LogP contribution < -0.4 is 10.2 Å². The van der Waals surface area contributed by atoms with Gasteiger partial charge in [0.1, 0.15) is 18.0 Å². The summed E-state index contributed by atoms with van der Waals surface area (Å²) in [6.45, 7) is 3.43. The van der Waals surface area contributed by atoms with Crippen LogP contribution in [0.3, 0.4) is 0 Å². The predicted octanol–water partition coefficient (Wildman–Crippen LogP) is 3.25. The summed E-state index contributed by atoms with van der Waals surface area (Å²) in [5.74, 6) is 2.90. The molecule has 6 heteroatoms. The van der Waals surface area contributed by atoms with Crippen LogP contribution >= 0.6 is 0 Å². The van der Waals surface area contributed by atoms with Gasteiger partial charge in [-0.3, -0.25) is 0 Å². The summed E-state index contributed by atoms with van der Waals surface area (Å²) >= 11 is 0. The van der Waals surface area contributed by atoms with E-state index in [-0.39, 0.29) is 5.82 Å². The summed E-state index contributed by atoms with van der Waals surface area (Å²) in [6.07, 6.45) is 6.95. The summed E-state index contributed by atoms with van der Waals surface area (Å²) in [7, 11) is 2.08. The largest absolute Gasteiger partial charge is 0.367 e. The summed E-state index contributed by atoms with van der Waals surface area (Å²) in [4.78, 5) is 12.9. The van der Waals surface area contributed by atoms with Crippen molar-refractivity contribution in [1.29, 1.82) is 0 Å².